The molecule has 0 unspecified atom stereocenters. The summed E-state index contributed by atoms with van der Waals surface area (Å²) in [5.41, 5.74) is 0.885. The maximum Gasteiger partial charge on any atom is 0.251 e. The molecule has 3 heteroatoms. The molecule has 0 radical (unpaired) electrons. The third-order valence-corrected chi connectivity index (χ3v) is 2.10. The molecule has 0 spiro atoms. The Morgan fingerprint density at radius 3 is 3.07 bits per heavy atom. The monoisotopic (exact) mass is 186 g/mol. The van der Waals surface area contributed by atoms with Gasteiger partial charge in [0.25, 0.3) is 5.56 Å². The lowest BCUT2D eigenvalue weighted by Crippen LogP contribution is -2.18. The molecule has 0 aliphatic rings. The summed E-state index contributed by atoms with van der Waals surface area (Å²) in [5, 5.41) is 0.967. The van der Waals surface area contributed by atoms with E-state index in [0.717, 1.165) is 10.9 Å². The minimum absolute atomic E-state index is 0.0106. The maximum atomic E-state index is 11.5. The number of aromatic nitrogens is 2. The molecule has 14 heavy (non-hydrogen) atoms. The Labute approximate surface area is 81.3 Å². The standard InChI is InChI=1S/C11H10N2O/c1-2-7-13-10-5-6-12-8-9(10)3-4-11(13)14/h2-6,8H,1,7H2. The van der Waals surface area contributed by atoms with E-state index < -0.39 is 0 Å². The summed E-state index contributed by atoms with van der Waals surface area (Å²) in [5.74, 6) is 0. The molecule has 0 saturated heterocycles. The normalized spacial score (nSPS) is 10.3. The number of rotatable bonds is 2. The number of allylic oxidation sites excluding steroid dienone is 1. The van der Waals surface area contributed by atoms with Gasteiger partial charge in [-0.2, -0.15) is 0 Å². The van der Waals surface area contributed by atoms with Crippen LogP contribution in [0.25, 0.3) is 10.9 Å². The molecular formula is C11H10N2O. The van der Waals surface area contributed by atoms with E-state index in [1.54, 1.807) is 35.2 Å². The minimum atomic E-state index is -0.0106. The van der Waals surface area contributed by atoms with Gasteiger partial charge in [0.2, 0.25) is 0 Å². The van der Waals surface area contributed by atoms with Crippen LogP contribution in [0.1, 0.15) is 0 Å². The molecule has 0 amide bonds. The highest BCUT2D eigenvalue weighted by molar-refractivity contribution is 5.77. The topological polar surface area (TPSA) is 34.9 Å². The third-order valence-electron chi connectivity index (χ3n) is 2.10. The van der Waals surface area contributed by atoms with E-state index in [1.165, 1.54) is 0 Å². The Kier molecular flexibility index (Phi) is 2.14. The lowest BCUT2D eigenvalue weighted by molar-refractivity contribution is 0.817. The van der Waals surface area contributed by atoms with Crippen molar-refractivity contribution in [2.75, 3.05) is 0 Å². The third kappa shape index (κ3) is 1.33. The number of hydrogen-bond acceptors (Lipinski definition) is 2. The first-order valence-electron chi connectivity index (χ1n) is 4.37. The second-order valence-electron chi connectivity index (χ2n) is 3.01. The average Bonchev–Trinajstić information content (AvgIpc) is 2.23. The molecule has 0 bridgehead atoms. The first-order chi connectivity index (χ1) is 6.83. The summed E-state index contributed by atoms with van der Waals surface area (Å²) in [7, 11) is 0. The van der Waals surface area contributed by atoms with Crippen molar-refractivity contribution in [3.63, 3.8) is 0 Å². The summed E-state index contributed by atoms with van der Waals surface area (Å²) < 4.78 is 1.67. The van der Waals surface area contributed by atoms with E-state index in [9.17, 15) is 4.79 Å². The van der Waals surface area contributed by atoms with Crippen molar-refractivity contribution in [1.82, 2.24) is 9.55 Å². The molecule has 0 saturated carbocycles. The molecule has 0 fully saturated rings. The maximum absolute atomic E-state index is 11.5. The van der Waals surface area contributed by atoms with E-state index in [1.807, 2.05) is 6.07 Å². The Hall–Kier alpha value is -1.90. The van der Waals surface area contributed by atoms with Crippen LogP contribution < -0.4 is 5.56 Å². The van der Waals surface area contributed by atoms with E-state index in [0.29, 0.717) is 6.54 Å². The van der Waals surface area contributed by atoms with Gasteiger partial charge in [-0.1, -0.05) is 6.08 Å². The second kappa shape index (κ2) is 3.46. The van der Waals surface area contributed by atoms with E-state index in [2.05, 4.69) is 11.6 Å². The van der Waals surface area contributed by atoms with E-state index in [-0.39, 0.29) is 5.56 Å². The van der Waals surface area contributed by atoms with Crippen LogP contribution in [0.15, 0.2) is 48.0 Å². The molecule has 0 aliphatic carbocycles. The van der Waals surface area contributed by atoms with E-state index in [4.69, 9.17) is 0 Å². The average molecular weight is 186 g/mol. The highest BCUT2D eigenvalue weighted by atomic mass is 16.1. The molecular weight excluding hydrogens is 176 g/mol. The minimum Gasteiger partial charge on any atom is -0.304 e. The van der Waals surface area contributed by atoms with Gasteiger partial charge in [0.05, 0.1) is 5.52 Å². The highest BCUT2D eigenvalue weighted by Gasteiger charge is 1.99. The van der Waals surface area contributed by atoms with Crippen molar-refractivity contribution in [3.8, 4) is 0 Å². The first-order valence-corrected chi connectivity index (χ1v) is 4.37. The quantitative estimate of drug-likeness (QED) is 0.667. The van der Waals surface area contributed by atoms with Gasteiger partial charge in [-0.05, 0) is 12.1 Å². The fraction of sp³-hybridized carbons (Fsp3) is 0.0909. The summed E-state index contributed by atoms with van der Waals surface area (Å²) in [6, 6.07) is 5.16. The molecule has 0 atom stereocenters. The van der Waals surface area contributed by atoms with Gasteiger partial charge < -0.3 is 4.57 Å². The Morgan fingerprint density at radius 1 is 1.43 bits per heavy atom. The van der Waals surface area contributed by atoms with Crippen LogP contribution in [0.5, 0.6) is 0 Å². The summed E-state index contributed by atoms with van der Waals surface area (Å²) in [6.45, 7) is 4.16. The predicted octanol–water partition coefficient (Wildman–Crippen LogP) is 1.58. The van der Waals surface area contributed by atoms with Crippen molar-refractivity contribution in [3.05, 3.63) is 53.6 Å². The lowest BCUT2D eigenvalue weighted by atomic mass is 10.2. The summed E-state index contributed by atoms with van der Waals surface area (Å²) in [4.78, 5) is 15.5. The van der Waals surface area contributed by atoms with Gasteiger partial charge in [-0.25, -0.2) is 0 Å². The molecule has 3 nitrogen and oxygen atoms in total. The zero-order valence-electron chi connectivity index (χ0n) is 7.68. The lowest BCUT2D eigenvalue weighted by Gasteiger charge is -2.05. The molecule has 2 aromatic rings. The molecule has 2 aromatic heterocycles. The van der Waals surface area contributed by atoms with Crippen LogP contribution >= 0.6 is 0 Å². The van der Waals surface area contributed by atoms with Crippen molar-refractivity contribution in [1.29, 1.82) is 0 Å². The second-order valence-corrected chi connectivity index (χ2v) is 3.01. The van der Waals surface area contributed by atoms with Crippen LogP contribution in [0, 0.1) is 0 Å². The smallest absolute Gasteiger partial charge is 0.251 e. The zero-order chi connectivity index (χ0) is 9.97. The van der Waals surface area contributed by atoms with Gasteiger partial charge >= 0.3 is 0 Å². The van der Waals surface area contributed by atoms with Crippen LogP contribution in [0.3, 0.4) is 0 Å². The van der Waals surface area contributed by atoms with Gasteiger partial charge in [-0.3, -0.25) is 9.78 Å². The van der Waals surface area contributed by atoms with Gasteiger partial charge in [-0.15, -0.1) is 6.58 Å². The number of pyridine rings is 2. The number of fused-ring (bicyclic) bond motifs is 1. The van der Waals surface area contributed by atoms with Crippen molar-refractivity contribution in [2.24, 2.45) is 0 Å². The highest BCUT2D eigenvalue weighted by Crippen LogP contribution is 2.08. The first kappa shape index (κ1) is 8.69. The fourth-order valence-electron chi connectivity index (χ4n) is 1.46. The molecule has 0 aromatic carbocycles. The van der Waals surface area contributed by atoms with Crippen LogP contribution in [0.2, 0.25) is 0 Å². The molecule has 0 N–H and O–H groups in total. The summed E-state index contributed by atoms with van der Waals surface area (Å²) in [6.07, 6.45) is 5.14. The molecule has 2 heterocycles. The summed E-state index contributed by atoms with van der Waals surface area (Å²) >= 11 is 0. The SMILES string of the molecule is C=CCn1c(=O)ccc2cnccc21. The molecule has 70 valence electrons. The van der Waals surface area contributed by atoms with Gasteiger partial charge in [0, 0.05) is 30.4 Å². The van der Waals surface area contributed by atoms with Crippen LogP contribution in [-0.2, 0) is 6.54 Å². The Morgan fingerprint density at radius 2 is 2.29 bits per heavy atom. The number of hydrogen-bond donors (Lipinski definition) is 0. The largest absolute Gasteiger partial charge is 0.304 e. The van der Waals surface area contributed by atoms with E-state index >= 15 is 0 Å². The van der Waals surface area contributed by atoms with Crippen LogP contribution in [0.4, 0.5) is 0 Å². The molecule has 2 rings (SSSR count). The Bertz CT molecular complexity index is 528. The molecule has 0 aliphatic heterocycles. The van der Waals surface area contributed by atoms with Gasteiger partial charge in [0.1, 0.15) is 0 Å². The Balaban J connectivity index is 2.82. The van der Waals surface area contributed by atoms with Crippen molar-refractivity contribution in [2.45, 2.75) is 6.54 Å². The zero-order valence-corrected chi connectivity index (χ0v) is 7.68. The number of nitrogens with zero attached hydrogens (tertiary/aromatic N) is 2. The van der Waals surface area contributed by atoms with Gasteiger partial charge in [0.15, 0.2) is 0 Å². The predicted molar refractivity (Wildman–Crippen MR) is 56.2 cm³/mol. The van der Waals surface area contributed by atoms with Crippen LogP contribution in [-0.4, -0.2) is 9.55 Å². The fourth-order valence-corrected chi connectivity index (χ4v) is 1.46. The van der Waals surface area contributed by atoms with Crippen molar-refractivity contribution < 1.29 is 0 Å². The van der Waals surface area contributed by atoms with Crippen molar-refractivity contribution >= 4 is 10.9 Å².